The van der Waals surface area contributed by atoms with Gasteiger partial charge in [0.1, 0.15) is 10.3 Å². The second-order valence-corrected chi connectivity index (χ2v) is 7.22. The highest BCUT2D eigenvalue weighted by molar-refractivity contribution is 8.00. The van der Waals surface area contributed by atoms with Gasteiger partial charge in [-0.3, -0.25) is 19.6 Å². The van der Waals surface area contributed by atoms with Crippen molar-refractivity contribution in [2.75, 3.05) is 65.8 Å². The molecule has 8 nitrogen and oxygen atoms in total. The Morgan fingerprint density at radius 1 is 1.12 bits per heavy atom. The number of ether oxygens (including phenoxy) is 2. The van der Waals surface area contributed by atoms with Gasteiger partial charge in [0.25, 0.3) is 0 Å². The van der Waals surface area contributed by atoms with E-state index in [2.05, 4.69) is 25.1 Å². The average Bonchev–Trinajstić information content (AvgIpc) is 2.68. The Morgan fingerprint density at radius 3 is 2.44 bits per heavy atom. The standard InChI is InChI=1S/C16H25N5O3S/c22-16(19-13-21-5-9-24-10-6-21)14(12-20-3-7-23-8-4-20)25-15-11-17-1-2-18-15/h1-2,11,14H,3-10,12-13H2,(H,19,22). The molecule has 1 unspecified atom stereocenters. The van der Waals surface area contributed by atoms with Crippen LogP contribution in [0.25, 0.3) is 0 Å². The lowest BCUT2D eigenvalue weighted by Crippen LogP contribution is -2.49. The number of hydrogen-bond acceptors (Lipinski definition) is 8. The van der Waals surface area contributed by atoms with Crippen molar-refractivity contribution in [2.45, 2.75) is 10.3 Å². The second kappa shape index (κ2) is 10.0. The molecule has 0 aromatic carbocycles. The number of carbonyl (C=O) groups is 1. The SMILES string of the molecule is O=C(NCN1CCOCC1)C(CN1CCOCC1)Sc1cnccn1. The molecular formula is C16H25N5O3S. The third kappa shape index (κ3) is 6.19. The molecule has 0 saturated carbocycles. The smallest absolute Gasteiger partial charge is 0.235 e. The number of aromatic nitrogens is 2. The minimum absolute atomic E-state index is 0.0358. The van der Waals surface area contributed by atoms with Crippen LogP contribution in [0.5, 0.6) is 0 Å². The molecule has 25 heavy (non-hydrogen) atoms. The Labute approximate surface area is 152 Å². The van der Waals surface area contributed by atoms with E-state index in [1.165, 1.54) is 11.8 Å². The average molecular weight is 367 g/mol. The summed E-state index contributed by atoms with van der Waals surface area (Å²) in [6, 6.07) is 0. The van der Waals surface area contributed by atoms with Crippen LogP contribution in [-0.4, -0.2) is 96.7 Å². The van der Waals surface area contributed by atoms with E-state index in [0.717, 1.165) is 57.6 Å². The van der Waals surface area contributed by atoms with E-state index in [0.29, 0.717) is 13.2 Å². The lowest BCUT2D eigenvalue weighted by Gasteiger charge is -2.30. The molecule has 3 rings (SSSR count). The predicted molar refractivity (Wildman–Crippen MR) is 94.3 cm³/mol. The van der Waals surface area contributed by atoms with Gasteiger partial charge in [0.05, 0.1) is 39.3 Å². The highest BCUT2D eigenvalue weighted by Gasteiger charge is 2.25. The zero-order valence-corrected chi connectivity index (χ0v) is 15.1. The van der Waals surface area contributed by atoms with Gasteiger partial charge in [-0.15, -0.1) is 0 Å². The molecule has 0 radical (unpaired) electrons. The van der Waals surface area contributed by atoms with Crippen LogP contribution in [0, 0.1) is 0 Å². The van der Waals surface area contributed by atoms with E-state index in [4.69, 9.17) is 9.47 Å². The number of amides is 1. The number of morpholine rings is 2. The van der Waals surface area contributed by atoms with E-state index < -0.39 is 0 Å². The van der Waals surface area contributed by atoms with Crippen LogP contribution in [0.1, 0.15) is 0 Å². The number of thioether (sulfide) groups is 1. The Bertz CT molecular complexity index is 524. The van der Waals surface area contributed by atoms with Crippen molar-refractivity contribution in [2.24, 2.45) is 0 Å². The van der Waals surface area contributed by atoms with E-state index in [1.807, 2.05) is 0 Å². The van der Waals surface area contributed by atoms with Gasteiger partial charge in [0, 0.05) is 45.1 Å². The van der Waals surface area contributed by atoms with Crippen LogP contribution in [0.3, 0.4) is 0 Å². The van der Waals surface area contributed by atoms with Crippen LogP contribution >= 0.6 is 11.8 Å². The zero-order valence-electron chi connectivity index (χ0n) is 14.3. The molecular weight excluding hydrogens is 342 g/mol. The summed E-state index contributed by atoms with van der Waals surface area (Å²) in [5.74, 6) is 0.0358. The number of nitrogens with one attached hydrogen (secondary N) is 1. The Hall–Kier alpha value is -1.26. The topological polar surface area (TPSA) is 79.8 Å². The van der Waals surface area contributed by atoms with Crippen molar-refractivity contribution >= 4 is 17.7 Å². The second-order valence-electron chi connectivity index (χ2n) is 5.99. The monoisotopic (exact) mass is 367 g/mol. The highest BCUT2D eigenvalue weighted by Crippen LogP contribution is 2.21. The Morgan fingerprint density at radius 2 is 1.80 bits per heavy atom. The Balaban J connectivity index is 1.56. The number of nitrogens with zero attached hydrogens (tertiary/aromatic N) is 4. The third-order valence-electron chi connectivity index (χ3n) is 4.20. The molecule has 2 saturated heterocycles. The van der Waals surface area contributed by atoms with E-state index in [-0.39, 0.29) is 11.2 Å². The molecule has 1 aromatic rings. The summed E-state index contributed by atoms with van der Waals surface area (Å²) in [7, 11) is 0. The molecule has 0 spiro atoms. The summed E-state index contributed by atoms with van der Waals surface area (Å²) in [5.41, 5.74) is 0. The summed E-state index contributed by atoms with van der Waals surface area (Å²) >= 11 is 1.47. The lowest BCUT2D eigenvalue weighted by molar-refractivity contribution is -0.122. The van der Waals surface area contributed by atoms with Crippen LogP contribution < -0.4 is 5.32 Å². The fourth-order valence-corrected chi connectivity index (χ4v) is 3.76. The summed E-state index contributed by atoms with van der Waals surface area (Å²) in [5, 5.41) is 3.61. The predicted octanol–water partition coefficient (Wildman–Crippen LogP) is -0.325. The van der Waals surface area contributed by atoms with Gasteiger partial charge in [-0.1, -0.05) is 11.8 Å². The third-order valence-corrected chi connectivity index (χ3v) is 5.30. The molecule has 2 fully saturated rings. The van der Waals surface area contributed by atoms with Gasteiger partial charge in [0.15, 0.2) is 0 Å². The Kier molecular flexibility index (Phi) is 7.43. The summed E-state index contributed by atoms with van der Waals surface area (Å²) in [6.45, 7) is 7.54. The molecule has 1 aromatic heterocycles. The van der Waals surface area contributed by atoms with E-state index in [9.17, 15) is 4.79 Å². The summed E-state index contributed by atoms with van der Waals surface area (Å²) in [6.07, 6.45) is 4.99. The van der Waals surface area contributed by atoms with Gasteiger partial charge in [-0.05, 0) is 0 Å². The summed E-state index contributed by atoms with van der Waals surface area (Å²) < 4.78 is 10.7. The molecule has 0 bridgehead atoms. The first-order valence-electron chi connectivity index (χ1n) is 8.62. The van der Waals surface area contributed by atoms with Crippen molar-refractivity contribution in [1.29, 1.82) is 0 Å². The zero-order chi connectivity index (χ0) is 17.3. The van der Waals surface area contributed by atoms with Crippen LogP contribution in [0.4, 0.5) is 0 Å². The van der Waals surface area contributed by atoms with Gasteiger partial charge >= 0.3 is 0 Å². The van der Waals surface area contributed by atoms with Crippen LogP contribution in [-0.2, 0) is 14.3 Å². The maximum Gasteiger partial charge on any atom is 0.235 e. The van der Waals surface area contributed by atoms with Gasteiger partial charge < -0.3 is 14.8 Å². The summed E-state index contributed by atoms with van der Waals surface area (Å²) in [4.78, 5) is 25.6. The fourth-order valence-electron chi connectivity index (χ4n) is 2.75. The molecule has 1 amide bonds. The molecule has 0 aliphatic carbocycles. The van der Waals surface area contributed by atoms with Gasteiger partial charge in [-0.25, -0.2) is 4.98 Å². The maximum atomic E-state index is 12.8. The van der Waals surface area contributed by atoms with Crippen molar-refractivity contribution in [1.82, 2.24) is 25.1 Å². The fraction of sp³-hybridized carbons (Fsp3) is 0.688. The first kappa shape index (κ1) is 18.5. The first-order valence-corrected chi connectivity index (χ1v) is 9.50. The van der Waals surface area contributed by atoms with Crippen LogP contribution in [0.15, 0.2) is 23.6 Å². The van der Waals surface area contributed by atoms with Crippen LogP contribution in [0.2, 0.25) is 0 Å². The molecule has 2 aliphatic rings. The highest BCUT2D eigenvalue weighted by atomic mass is 32.2. The normalized spacial score (nSPS) is 21.0. The van der Waals surface area contributed by atoms with Crippen molar-refractivity contribution < 1.29 is 14.3 Å². The molecule has 9 heteroatoms. The maximum absolute atomic E-state index is 12.8. The molecule has 2 aliphatic heterocycles. The molecule has 3 heterocycles. The minimum Gasteiger partial charge on any atom is -0.379 e. The molecule has 1 N–H and O–H groups in total. The van der Waals surface area contributed by atoms with E-state index >= 15 is 0 Å². The molecule has 138 valence electrons. The lowest BCUT2D eigenvalue weighted by atomic mass is 10.3. The quantitative estimate of drug-likeness (QED) is 0.657. The van der Waals surface area contributed by atoms with Crippen molar-refractivity contribution in [3.8, 4) is 0 Å². The van der Waals surface area contributed by atoms with E-state index in [1.54, 1.807) is 18.6 Å². The largest absolute Gasteiger partial charge is 0.379 e. The molecule has 1 atom stereocenters. The minimum atomic E-state index is -0.226. The first-order chi connectivity index (χ1) is 12.3. The number of carbonyl (C=O) groups excluding carboxylic acids is 1. The number of hydrogen-bond donors (Lipinski definition) is 1. The van der Waals surface area contributed by atoms with Gasteiger partial charge in [0.2, 0.25) is 5.91 Å². The van der Waals surface area contributed by atoms with Crippen molar-refractivity contribution in [3.05, 3.63) is 18.6 Å². The van der Waals surface area contributed by atoms with Crippen molar-refractivity contribution in [3.63, 3.8) is 0 Å². The van der Waals surface area contributed by atoms with Gasteiger partial charge in [-0.2, -0.15) is 0 Å². The number of rotatable bonds is 7.